The lowest BCUT2D eigenvalue weighted by molar-refractivity contribution is -0.141. The van der Waals surface area contributed by atoms with Gasteiger partial charge < -0.3 is 15.2 Å². The van der Waals surface area contributed by atoms with Crippen LogP contribution in [0.25, 0.3) is 5.57 Å². The zero-order chi connectivity index (χ0) is 20.4. The van der Waals surface area contributed by atoms with Gasteiger partial charge in [0.05, 0.1) is 0 Å². The predicted octanol–water partition coefficient (Wildman–Crippen LogP) is 4.49. The van der Waals surface area contributed by atoms with Crippen molar-refractivity contribution >= 4 is 17.6 Å². The van der Waals surface area contributed by atoms with Crippen LogP contribution < -0.4 is 5.32 Å². The molecule has 2 aromatic carbocycles. The van der Waals surface area contributed by atoms with Crippen molar-refractivity contribution in [1.82, 2.24) is 5.32 Å². The average Bonchev–Trinajstić information content (AvgIpc) is 3.33. The molecule has 5 heteroatoms. The Labute approximate surface area is 165 Å². The van der Waals surface area contributed by atoms with Gasteiger partial charge in [0.2, 0.25) is 0 Å². The van der Waals surface area contributed by atoms with E-state index >= 15 is 0 Å². The first-order valence-electron chi connectivity index (χ1n) is 9.28. The number of amides is 1. The lowest BCUT2D eigenvalue weighted by atomic mass is 9.96. The number of aliphatic carboxylic acids is 1. The van der Waals surface area contributed by atoms with Crippen LogP contribution in [0, 0.1) is 5.92 Å². The third-order valence-corrected chi connectivity index (χ3v) is 4.66. The summed E-state index contributed by atoms with van der Waals surface area (Å²) in [5.74, 6) is -1.38. The smallest absolute Gasteiger partial charge is 0.408 e. The zero-order valence-electron chi connectivity index (χ0n) is 16.3. The molecule has 0 saturated heterocycles. The second-order valence-electron chi connectivity index (χ2n) is 8.03. The van der Waals surface area contributed by atoms with Crippen LogP contribution in [0.1, 0.15) is 38.3 Å². The zero-order valence-corrected chi connectivity index (χ0v) is 16.3. The van der Waals surface area contributed by atoms with Crippen molar-refractivity contribution in [2.24, 2.45) is 5.92 Å². The Morgan fingerprint density at radius 2 is 1.54 bits per heavy atom. The summed E-state index contributed by atoms with van der Waals surface area (Å²) in [6.45, 7) is 5.23. The number of carboxylic acid groups (broad SMARTS) is 1. The van der Waals surface area contributed by atoms with Crippen LogP contribution in [0.15, 0.2) is 66.7 Å². The quantitative estimate of drug-likeness (QED) is 0.803. The van der Waals surface area contributed by atoms with Gasteiger partial charge in [-0.15, -0.1) is 0 Å². The van der Waals surface area contributed by atoms with E-state index in [-0.39, 0.29) is 5.92 Å². The molecule has 0 aliphatic heterocycles. The maximum Gasteiger partial charge on any atom is 0.408 e. The van der Waals surface area contributed by atoms with Crippen LogP contribution in [0.5, 0.6) is 0 Å². The summed E-state index contributed by atoms with van der Waals surface area (Å²) in [5, 5.41) is 12.4. The number of carboxylic acids is 1. The molecule has 146 valence electrons. The van der Waals surface area contributed by atoms with Crippen LogP contribution in [0.4, 0.5) is 4.79 Å². The van der Waals surface area contributed by atoms with Gasteiger partial charge in [0, 0.05) is 5.92 Å². The van der Waals surface area contributed by atoms with E-state index < -0.39 is 23.2 Å². The second kappa shape index (κ2) is 7.50. The highest BCUT2D eigenvalue weighted by molar-refractivity contribution is 5.90. The highest BCUT2D eigenvalue weighted by Crippen LogP contribution is 2.47. The fraction of sp³-hybridized carbons (Fsp3) is 0.304. The molecule has 3 rings (SSSR count). The molecule has 0 heterocycles. The normalized spacial score (nSPS) is 20.8. The maximum atomic E-state index is 12.2. The molecular formula is C23H25NO4. The topological polar surface area (TPSA) is 75.6 Å². The lowest BCUT2D eigenvalue weighted by Gasteiger charge is -2.22. The van der Waals surface area contributed by atoms with Gasteiger partial charge in [-0.05, 0) is 43.9 Å². The molecule has 1 fully saturated rings. The number of carbonyl (C=O) groups excluding carboxylic acids is 1. The van der Waals surface area contributed by atoms with E-state index in [0.29, 0.717) is 6.42 Å². The molecule has 0 aromatic heterocycles. The minimum absolute atomic E-state index is 0.324. The van der Waals surface area contributed by atoms with E-state index in [2.05, 4.69) is 5.32 Å². The van der Waals surface area contributed by atoms with E-state index in [0.717, 1.165) is 16.7 Å². The van der Waals surface area contributed by atoms with Gasteiger partial charge in [0.1, 0.15) is 11.1 Å². The van der Waals surface area contributed by atoms with Gasteiger partial charge in [-0.3, -0.25) is 0 Å². The molecule has 0 unspecified atom stereocenters. The van der Waals surface area contributed by atoms with E-state index in [1.807, 2.05) is 66.7 Å². The molecule has 2 N–H and O–H groups in total. The number of alkyl carbamates (subject to hydrolysis) is 1. The Hall–Kier alpha value is -3.08. The summed E-state index contributed by atoms with van der Waals surface area (Å²) in [6.07, 6.45) is 1.55. The molecular weight excluding hydrogens is 354 g/mol. The van der Waals surface area contributed by atoms with Crippen LogP contribution in [-0.2, 0) is 9.53 Å². The Morgan fingerprint density at radius 3 is 1.96 bits per heavy atom. The lowest BCUT2D eigenvalue weighted by Crippen LogP contribution is -2.46. The van der Waals surface area contributed by atoms with Crippen molar-refractivity contribution in [3.8, 4) is 0 Å². The fourth-order valence-electron chi connectivity index (χ4n) is 3.21. The van der Waals surface area contributed by atoms with Crippen molar-refractivity contribution < 1.29 is 19.4 Å². The molecule has 1 amide bonds. The SMILES string of the molecule is CC(C)(C)OC(=O)N[C@@]1(C(=O)O)C[C@@H]1C=C(c1ccccc1)c1ccccc1. The van der Waals surface area contributed by atoms with Crippen LogP contribution >= 0.6 is 0 Å². The highest BCUT2D eigenvalue weighted by Gasteiger charge is 2.61. The van der Waals surface area contributed by atoms with Crippen molar-refractivity contribution in [2.75, 3.05) is 0 Å². The van der Waals surface area contributed by atoms with E-state index in [9.17, 15) is 14.7 Å². The van der Waals surface area contributed by atoms with Gasteiger partial charge in [-0.1, -0.05) is 66.7 Å². The Kier molecular flexibility index (Phi) is 5.27. The number of hydrogen-bond donors (Lipinski definition) is 2. The Bertz CT molecular complexity index is 842. The van der Waals surface area contributed by atoms with E-state index in [4.69, 9.17) is 4.74 Å². The van der Waals surface area contributed by atoms with Gasteiger partial charge in [0.25, 0.3) is 0 Å². The molecule has 5 nitrogen and oxygen atoms in total. The van der Waals surface area contributed by atoms with E-state index in [1.165, 1.54) is 0 Å². The van der Waals surface area contributed by atoms with Crippen molar-refractivity contribution in [3.05, 3.63) is 77.9 Å². The molecule has 2 aromatic rings. The number of hydrogen-bond acceptors (Lipinski definition) is 3. The van der Waals surface area contributed by atoms with Gasteiger partial charge >= 0.3 is 12.1 Å². The number of rotatable bonds is 5. The summed E-state index contributed by atoms with van der Waals surface area (Å²) in [6, 6.07) is 19.6. The van der Waals surface area contributed by atoms with Crippen LogP contribution in [0.2, 0.25) is 0 Å². The molecule has 1 aliphatic carbocycles. The van der Waals surface area contributed by atoms with Gasteiger partial charge in [0.15, 0.2) is 0 Å². The van der Waals surface area contributed by atoms with Crippen LogP contribution in [0.3, 0.4) is 0 Å². The number of benzene rings is 2. The largest absolute Gasteiger partial charge is 0.479 e. The third kappa shape index (κ3) is 4.42. The Balaban J connectivity index is 1.91. The molecule has 2 atom stereocenters. The first kappa shape index (κ1) is 19.7. The minimum atomic E-state index is -1.34. The van der Waals surface area contributed by atoms with Crippen molar-refractivity contribution in [1.29, 1.82) is 0 Å². The molecule has 28 heavy (non-hydrogen) atoms. The number of carbonyl (C=O) groups is 2. The van der Waals surface area contributed by atoms with E-state index in [1.54, 1.807) is 20.8 Å². The summed E-state index contributed by atoms with van der Waals surface area (Å²) in [7, 11) is 0. The van der Waals surface area contributed by atoms with Gasteiger partial charge in [-0.25, -0.2) is 9.59 Å². The third-order valence-electron chi connectivity index (χ3n) is 4.66. The van der Waals surface area contributed by atoms with Gasteiger partial charge in [-0.2, -0.15) is 0 Å². The first-order valence-corrected chi connectivity index (χ1v) is 9.28. The highest BCUT2D eigenvalue weighted by atomic mass is 16.6. The van der Waals surface area contributed by atoms with Crippen LogP contribution in [-0.4, -0.2) is 28.3 Å². The molecule has 0 radical (unpaired) electrons. The summed E-state index contributed by atoms with van der Waals surface area (Å²) < 4.78 is 5.25. The molecule has 1 aliphatic rings. The molecule has 0 spiro atoms. The summed E-state index contributed by atoms with van der Waals surface area (Å²) in [5.41, 5.74) is 0.912. The fourth-order valence-corrected chi connectivity index (χ4v) is 3.21. The second-order valence-corrected chi connectivity index (χ2v) is 8.03. The minimum Gasteiger partial charge on any atom is -0.479 e. The predicted molar refractivity (Wildman–Crippen MR) is 108 cm³/mol. The van der Waals surface area contributed by atoms with Crippen molar-refractivity contribution in [2.45, 2.75) is 38.3 Å². The average molecular weight is 379 g/mol. The maximum absolute atomic E-state index is 12.2. The Morgan fingerprint density at radius 1 is 1.04 bits per heavy atom. The monoisotopic (exact) mass is 379 g/mol. The molecule has 0 bridgehead atoms. The van der Waals surface area contributed by atoms with Crippen molar-refractivity contribution in [3.63, 3.8) is 0 Å². The standard InChI is InChI=1S/C23H25NO4/c1-22(2,3)28-21(27)24-23(20(25)26)15-18(23)14-19(16-10-6-4-7-11-16)17-12-8-5-9-13-17/h4-14,18H,15H2,1-3H3,(H,24,27)(H,25,26)/t18-,23-/m0/s1. The summed E-state index contributed by atoms with van der Waals surface area (Å²) >= 11 is 0. The summed E-state index contributed by atoms with van der Waals surface area (Å²) in [4.78, 5) is 24.1. The number of nitrogens with one attached hydrogen (secondary N) is 1. The molecule has 1 saturated carbocycles. The number of ether oxygens (including phenoxy) is 1. The first-order chi connectivity index (χ1) is 13.2.